The van der Waals surface area contributed by atoms with Crippen molar-refractivity contribution in [3.8, 4) is 11.5 Å². The lowest BCUT2D eigenvalue weighted by molar-refractivity contribution is -0.137. The van der Waals surface area contributed by atoms with Gasteiger partial charge in [0, 0.05) is 24.1 Å². The highest BCUT2D eigenvalue weighted by atomic mass is 16.5. The second kappa shape index (κ2) is 9.50. The van der Waals surface area contributed by atoms with Gasteiger partial charge in [0.25, 0.3) is 5.91 Å². The highest BCUT2D eigenvalue weighted by Gasteiger charge is 2.15. The summed E-state index contributed by atoms with van der Waals surface area (Å²) in [6, 6.07) is 3.37. The minimum atomic E-state index is -0.828. The van der Waals surface area contributed by atoms with Gasteiger partial charge in [0.1, 0.15) is 0 Å². The predicted molar refractivity (Wildman–Crippen MR) is 87.3 cm³/mol. The first-order valence-electron chi connectivity index (χ1n) is 7.39. The number of methoxy groups -OCH3 is 2. The molecule has 0 spiro atoms. The molecule has 0 saturated carbocycles. The zero-order valence-electron chi connectivity index (χ0n) is 13.6. The molecule has 1 aromatic carbocycles. The van der Waals surface area contributed by atoms with Gasteiger partial charge in [-0.05, 0) is 31.4 Å². The van der Waals surface area contributed by atoms with Crippen molar-refractivity contribution in [2.24, 2.45) is 0 Å². The number of ether oxygens (including phenoxy) is 2. The predicted octanol–water partition coefficient (Wildman–Crippen LogP) is 2.42. The molecule has 1 rings (SSSR count). The standard InChI is InChI=1S/C17H23NO5/c1-4-7-12-10-13(11-14(22-2)16(12)23-3)17(21)18-9-6-5-8-15(19)20/h4,10-11H,1,5-9H2,2-3H3,(H,18,21)(H,19,20). The molecular weight excluding hydrogens is 298 g/mol. The molecule has 0 unspecified atom stereocenters. The van der Waals surface area contributed by atoms with E-state index in [4.69, 9.17) is 14.6 Å². The van der Waals surface area contributed by atoms with Crippen LogP contribution in [0.15, 0.2) is 24.8 Å². The summed E-state index contributed by atoms with van der Waals surface area (Å²) in [5, 5.41) is 11.3. The molecule has 0 saturated heterocycles. The van der Waals surface area contributed by atoms with Crippen molar-refractivity contribution in [3.63, 3.8) is 0 Å². The van der Waals surface area contributed by atoms with E-state index in [1.165, 1.54) is 7.11 Å². The molecule has 2 N–H and O–H groups in total. The van der Waals surface area contributed by atoms with Gasteiger partial charge in [-0.25, -0.2) is 0 Å². The van der Waals surface area contributed by atoms with Crippen molar-refractivity contribution < 1.29 is 24.2 Å². The van der Waals surface area contributed by atoms with E-state index in [-0.39, 0.29) is 12.3 Å². The fraction of sp³-hybridized carbons (Fsp3) is 0.412. The minimum Gasteiger partial charge on any atom is -0.493 e. The van der Waals surface area contributed by atoms with E-state index in [0.29, 0.717) is 42.9 Å². The van der Waals surface area contributed by atoms with Crippen molar-refractivity contribution >= 4 is 11.9 Å². The number of allylic oxidation sites excluding steroid dienone is 1. The van der Waals surface area contributed by atoms with Crippen LogP contribution in [0, 0.1) is 0 Å². The van der Waals surface area contributed by atoms with Crippen molar-refractivity contribution in [2.75, 3.05) is 20.8 Å². The summed E-state index contributed by atoms with van der Waals surface area (Å²) in [5.74, 6) is 0.0187. The summed E-state index contributed by atoms with van der Waals surface area (Å²) in [7, 11) is 3.07. The van der Waals surface area contributed by atoms with Gasteiger partial charge in [-0.3, -0.25) is 9.59 Å². The van der Waals surface area contributed by atoms with Gasteiger partial charge in [-0.1, -0.05) is 6.08 Å². The molecule has 0 aliphatic heterocycles. The third-order valence-electron chi connectivity index (χ3n) is 3.29. The summed E-state index contributed by atoms with van der Waals surface area (Å²) in [4.78, 5) is 22.6. The molecule has 0 fully saturated rings. The lowest BCUT2D eigenvalue weighted by atomic mass is 10.0. The Bertz CT molecular complexity index is 568. The zero-order valence-corrected chi connectivity index (χ0v) is 13.6. The lowest BCUT2D eigenvalue weighted by Crippen LogP contribution is -2.24. The normalized spacial score (nSPS) is 10.0. The molecule has 23 heavy (non-hydrogen) atoms. The van der Waals surface area contributed by atoms with Crippen LogP contribution in [0.5, 0.6) is 11.5 Å². The van der Waals surface area contributed by atoms with Gasteiger partial charge >= 0.3 is 5.97 Å². The number of carbonyl (C=O) groups excluding carboxylic acids is 1. The number of carboxylic acid groups (broad SMARTS) is 1. The smallest absolute Gasteiger partial charge is 0.303 e. The molecular formula is C17H23NO5. The largest absolute Gasteiger partial charge is 0.493 e. The molecule has 0 aromatic heterocycles. The first kappa shape index (κ1) is 18.5. The number of aliphatic carboxylic acids is 1. The maximum absolute atomic E-state index is 12.2. The van der Waals surface area contributed by atoms with Crippen LogP contribution < -0.4 is 14.8 Å². The molecule has 1 amide bonds. The molecule has 0 atom stereocenters. The molecule has 0 radical (unpaired) electrons. The third kappa shape index (κ3) is 5.65. The van der Waals surface area contributed by atoms with Crippen molar-refractivity contribution in [3.05, 3.63) is 35.9 Å². The fourth-order valence-electron chi connectivity index (χ4n) is 2.19. The average molecular weight is 321 g/mol. The number of nitrogens with one attached hydrogen (secondary N) is 1. The first-order valence-corrected chi connectivity index (χ1v) is 7.39. The Hall–Kier alpha value is -2.50. The number of unbranched alkanes of at least 4 members (excludes halogenated alkanes) is 1. The van der Waals surface area contributed by atoms with Crippen LogP contribution in [0.25, 0.3) is 0 Å². The van der Waals surface area contributed by atoms with Gasteiger partial charge < -0.3 is 19.9 Å². The SMILES string of the molecule is C=CCc1cc(C(=O)NCCCCC(=O)O)cc(OC)c1OC. The first-order chi connectivity index (χ1) is 11.0. The van der Waals surface area contributed by atoms with Gasteiger partial charge in [0.2, 0.25) is 0 Å². The fourth-order valence-corrected chi connectivity index (χ4v) is 2.19. The van der Waals surface area contributed by atoms with Gasteiger partial charge in [-0.15, -0.1) is 6.58 Å². The number of carbonyl (C=O) groups is 2. The Morgan fingerprint density at radius 1 is 1.26 bits per heavy atom. The van der Waals surface area contributed by atoms with Crippen LogP contribution in [0.4, 0.5) is 0 Å². The molecule has 6 nitrogen and oxygen atoms in total. The van der Waals surface area contributed by atoms with E-state index < -0.39 is 5.97 Å². The number of carboxylic acids is 1. The van der Waals surface area contributed by atoms with E-state index in [1.54, 1.807) is 25.3 Å². The Balaban J connectivity index is 2.77. The number of rotatable bonds is 10. The summed E-state index contributed by atoms with van der Waals surface area (Å²) >= 11 is 0. The van der Waals surface area contributed by atoms with Gasteiger partial charge in [0.15, 0.2) is 11.5 Å². The summed E-state index contributed by atoms with van der Waals surface area (Å²) in [6.07, 6.45) is 3.54. The molecule has 0 bridgehead atoms. The van der Waals surface area contributed by atoms with Crippen LogP contribution in [-0.2, 0) is 11.2 Å². The maximum atomic E-state index is 12.2. The molecule has 0 heterocycles. The molecule has 0 aliphatic carbocycles. The van der Waals surface area contributed by atoms with Crippen LogP contribution in [0.2, 0.25) is 0 Å². The van der Waals surface area contributed by atoms with E-state index in [0.717, 1.165) is 5.56 Å². The Labute approximate surface area is 136 Å². The summed E-state index contributed by atoms with van der Waals surface area (Å²) in [6.45, 7) is 4.13. The Morgan fingerprint density at radius 2 is 2.00 bits per heavy atom. The number of benzene rings is 1. The third-order valence-corrected chi connectivity index (χ3v) is 3.29. The van der Waals surface area contributed by atoms with E-state index in [2.05, 4.69) is 11.9 Å². The topological polar surface area (TPSA) is 84.9 Å². The number of hydrogen-bond donors (Lipinski definition) is 2. The minimum absolute atomic E-state index is 0.107. The average Bonchev–Trinajstić information content (AvgIpc) is 2.53. The highest BCUT2D eigenvalue weighted by Crippen LogP contribution is 2.33. The molecule has 126 valence electrons. The van der Waals surface area contributed by atoms with Crippen molar-refractivity contribution in [2.45, 2.75) is 25.7 Å². The Morgan fingerprint density at radius 3 is 2.57 bits per heavy atom. The van der Waals surface area contributed by atoms with E-state index in [1.807, 2.05) is 0 Å². The monoisotopic (exact) mass is 321 g/mol. The maximum Gasteiger partial charge on any atom is 0.303 e. The van der Waals surface area contributed by atoms with E-state index >= 15 is 0 Å². The summed E-state index contributed by atoms with van der Waals surface area (Å²) in [5.41, 5.74) is 1.29. The molecule has 6 heteroatoms. The molecule has 0 aliphatic rings. The van der Waals surface area contributed by atoms with Crippen LogP contribution in [-0.4, -0.2) is 37.7 Å². The second-order valence-corrected chi connectivity index (χ2v) is 4.97. The highest BCUT2D eigenvalue weighted by molar-refractivity contribution is 5.95. The Kier molecular flexibility index (Phi) is 7.66. The van der Waals surface area contributed by atoms with Crippen LogP contribution >= 0.6 is 0 Å². The van der Waals surface area contributed by atoms with Crippen molar-refractivity contribution in [1.29, 1.82) is 0 Å². The second-order valence-electron chi connectivity index (χ2n) is 4.97. The molecule has 1 aromatic rings. The number of amides is 1. The number of hydrogen-bond acceptors (Lipinski definition) is 4. The quantitative estimate of drug-likeness (QED) is 0.511. The van der Waals surface area contributed by atoms with Crippen LogP contribution in [0.1, 0.15) is 35.2 Å². The summed E-state index contributed by atoms with van der Waals surface area (Å²) < 4.78 is 10.6. The van der Waals surface area contributed by atoms with E-state index in [9.17, 15) is 9.59 Å². The lowest BCUT2D eigenvalue weighted by Gasteiger charge is -2.14. The van der Waals surface area contributed by atoms with Gasteiger partial charge in [0.05, 0.1) is 14.2 Å². The van der Waals surface area contributed by atoms with Crippen molar-refractivity contribution in [1.82, 2.24) is 5.32 Å². The zero-order chi connectivity index (χ0) is 17.2. The van der Waals surface area contributed by atoms with Crippen LogP contribution in [0.3, 0.4) is 0 Å². The van der Waals surface area contributed by atoms with Gasteiger partial charge in [-0.2, -0.15) is 0 Å².